The Morgan fingerprint density at radius 2 is 1.37 bits per heavy atom. The quantitative estimate of drug-likeness (QED) is 0.697. The highest BCUT2D eigenvalue weighted by Gasteiger charge is 2.26. The van der Waals surface area contributed by atoms with Crippen LogP contribution in [-0.2, 0) is 0 Å². The topological polar surface area (TPSA) is 6.48 Å². The number of hydrogen-bond acceptors (Lipinski definition) is 2. The van der Waals surface area contributed by atoms with Crippen LogP contribution in [0.15, 0.2) is 63.7 Å². The van der Waals surface area contributed by atoms with Crippen LogP contribution < -0.4 is 0 Å². The zero-order chi connectivity index (χ0) is 13.6. The van der Waals surface area contributed by atoms with Gasteiger partial charge in [-0.05, 0) is 29.6 Å². The van der Waals surface area contributed by atoms with Crippen molar-refractivity contribution in [1.82, 2.24) is 9.80 Å². The standard InChI is InChI=1S/C17H20N2/c1-18(2)16-11-17(19(3)4)15-10-6-8-13(15)12-7-5-9-14(12)16/h5-7,10H,8-9H2,1-4H3. The molecular weight excluding hydrogens is 232 g/mol. The van der Waals surface area contributed by atoms with Crippen molar-refractivity contribution in [2.45, 2.75) is 12.8 Å². The second kappa shape index (κ2) is 4.32. The van der Waals surface area contributed by atoms with E-state index in [1.165, 1.54) is 33.7 Å². The predicted molar refractivity (Wildman–Crippen MR) is 79.5 cm³/mol. The van der Waals surface area contributed by atoms with E-state index in [9.17, 15) is 0 Å². The Bertz CT molecular complexity index is 616. The molecule has 0 unspecified atom stereocenters. The van der Waals surface area contributed by atoms with Gasteiger partial charge in [-0.3, -0.25) is 0 Å². The molecule has 0 saturated carbocycles. The van der Waals surface area contributed by atoms with Crippen LogP contribution in [0.2, 0.25) is 0 Å². The first-order valence-electron chi connectivity index (χ1n) is 6.75. The van der Waals surface area contributed by atoms with E-state index in [-0.39, 0.29) is 0 Å². The molecule has 0 atom stereocenters. The molecule has 98 valence electrons. The van der Waals surface area contributed by atoms with Crippen molar-refractivity contribution in [3.63, 3.8) is 0 Å². The SMILES string of the molecule is CN(C)C1=C=C(N(C)C)C2=C(C=CC2)C2=C1C=CC2. The van der Waals surface area contributed by atoms with Crippen LogP contribution in [0.3, 0.4) is 0 Å². The maximum Gasteiger partial charge on any atom is 0.0892 e. The smallest absolute Gasteiger partial charge is 0.0892 e. The summed E-state index contributed by atoms with van der Waals surface area (Å²) in [6.07, 6.45) is 11.1. The first-order chi connectivity index (χ1) is 9.09. The van der Waals surface area contributed by atoms with E-state index < -0.39 is 0 Å². The lowest BCUT2D eigenvalue weighted by Crippen LogP contribution is -2.14. The molecule has 0 heterocycles. The number of likely N-dealkylation sites (N-methyl/N-ethyl adjacent to an activating group) is 2. The largest absolute Gasteiger partial charge is 0.371 e. The van der Waals surface area contributed by atoms with E-state index in [2.05, 4.69) is 68.0 Å². The van der Waals surface area contributed by atoms with Crippen molar-refractivity contribution >= 4 is 0 Å². The molecule has 0 radical (unpaired) electrons. The number of hydrogen-bond donors (Lipinski definition) is 0. The summed E-state index contributed by atoms with van der Waals surface area (Å²) < 4.78 is 0. The molecule has 2 nitrogen and oxygen atoms in total. The fourth-order valence-electron chi connectivity index (χ4n) is 2.98. The van der Waals surface area contributed by atoms with Crippen molar-refractivity contribution in [2.24, 2.45) is 0 Å². The number of allylic oxidation sites excluding steroid dienone is 6. The van der Waals surface area contributed by atoms with Gasteiger partial charge in [-0.25, -0.2) is 0 Å². The molecule has 3 rings (SSSR count). The van der Waals surface area contributed by atoms with Crippen molar-refractivity contribution in [1.29, 1.82) is 0 Å². The van der Waals surface area contributed by atoms with Gasteiger partial charge in [0.25, 0.3) is 0 Å². The highest BCUT2D eigenvalue weighted by atomic mass is 15.1. The van der Waals surface area contributed by atoms with E-state index >= 15 is 0 Å². The van der Waals surface area contributed by atoms with Crippen LogP contribution in [0.4, 0.5) is 0 Å². The lowest BCUT2D eigenvalue weighted by atomic mass is 9.98. The molecule has 0 aromatic carbocycles. The predicted octanol–water partition coefficient (Wildman–Crippen LogP) is 3.00. The summed E-state index contributed by atoms with van der Waals surface area (Å²) in [5, 5.41) is 0. The minimum atomic E-state index is 1.02. The summed E-state index contributed by atoms with van der Waals surface area (Å²) >= 11 is 0. The van der Waals surface area contributed by atoms with Crippen LogP contribution >= 0.6 is 0 Å². The summed E-state index contributed by atoms with van der Waals surface area (Å²) in [6, 6.07) is 0. The molecule has 0 aromatic rings. The molecular formula is C17H20N2. The molecule has 0 saturated heterocycles. The minimum absolute atomic E-state index is 1.02. The lowest BCUT2D eigenvalue weighted by Gasteiger charge is -2.18. The molecule has 0 spiro atoms. The highest BCUT2D eigenvalue weighted by molar-refractivity contribution is 5.65. The molecule has 0 bridgehead atoms. The van der Waals surface area contributed by atoms with E-state index in [0.29, 0.717) is 0 Å². The van der Waals surface area contributed by atoms with Gasteiger partial charge in [0.2, 0.25) is 0 Å². The molecule has 0 amide bonds. The fourth-order valence-corrected chi connectivity index (χ4v) is 2.98. The van der Waals surface area contributed by atoms with Gasteiger partial charge in [0.05, 0.1) is 11.4 Å². The molecule has 0 aromatic heterocycles. The Kier molecular flexibility index (Phi) is 2.76. The van der Waals surface area contributed by atoms with Gasteiger partial charge in [-0.1, -0.05) is 30.0 Å². The monoisotopic (exact) mass is 252 g/mol. The Morgan fingerprint density at radius 3 is 2.00 bits per heavy atom. The lowest BCUT2D eigenvalue weighted by molar-refractivity contribution is 0.507. The second-order valence-corrected chi connectivity index (χ2v) is 5.61. The van der Waals surface area contributed by atoms with E-state index in [1.54, 1.807) is 0 Å². The molecule has 19 heavy (non-hydrogen) atoms. The third-order valence-corrected chi connectivity index (χ3v) is 3.86. The van der Waals surface area contributed by atoms with E-state index in [1.807, 2.05) is 0 Å². The van der Waals surface area contributed by atoms with Gasteiger partial charge in [-0.2, -0.15) is 0 Å². The maximum absolute atomic E-state index is 3.64. The maximum atomic E-state index is 3.64. The first kappa shape index (κ1) is 12.1. The average Bonchev–Trinajstić information content (AvgIpc) is 2.95. The molecule has 3 aliphatic carbocycles. The van der Waals surface area contributed by atoms with Crippen LogP contribution in [0.25, 0.3) is 0 Å². The zero-order valence-electron chi connectivity index (χ0n) is 12.1. The van der Waals surface area contributed by atoms with Crippen LogP contribution in [0.5, 0.6) is 0 Å². The fraction of sp³-hybridized carbons (Fsp3) is 0.353. The Labute approximate surface area is 115 Å². The minimum Gasteiger partial charge on any atom is -0.371 e. The Hall–Kier alpha value is -1.92. The van der Waals surface area contributed by atoms with Gasteiger partial charge in [0.1, 0.15) is 0 Å². The van der Waals surface area contributed by atoms with Crippen LogP contribution in [-0.4, -0.2) is 38.0 Å². The van der Waals surface area contributed by atoms with Crippen molar-refractivity contribution in [3.8, 4) is 0 Å². The third kappa shape index (κ3) is 1.80. The van der Waals surface area contributed by atoms with Gasteiger partial charge < -0.3 is 9.80 Å². The summed E-state index contributed by atoms with van der Waals surface area (Å²) in [6.45, 7) is 0. The number of nitrogens with zero attached hydrogens (tertiary/aromatic N) is 2. The van der Waals surface area contributed by atoms with Gasteiger partial charge >= 0.3 is 0 Å². The van der Waals surface area contributed by atoms with Gasteiger partial charge in [0.15, 0.2) is 0 Å². The Morgan fingerprint density at radius 1 is 0.789 bits per heavy atom. The van der Waals surface area contributed by atoms with Gasteiger partial charge in [-0.15, -0.1) is 0 Å². The summed E-state index contributed by atoms with van der Waals surface area (Å²) in [7, 11) is 8.40. The van der Waals surface area contributed by atoms with E-state index in [4.69, 9.17) is 0 Å². The number of fused-ring (bicyclic) bond motifs is 1. The third-order valence-electron chi connectivity index (χ3n) is 3.86. The average molecular weight is 252 g/mol. The molecule has 3 aliphatic rings. The van der Waals surface area contributed by atoms with Crippen molar-refractivity contribution in [3.05, 3.63) is 63.7 Å². The zero-order valence-corrected chi connectivity index (χ0v) is 12.1. The number of rotatable bonds is 2. The molecule has 2 heteroatoms. The molecule has 0 aliphatic heterocycles. The van der Waals surface area contributed by atoms with Crippen molar-refractivity contribution in [2.75, 3.05) is 28.2 Å². The van der Waals surface area contributed by atoms with Crippen LogP contribution in [0, 0.1) is 0 Å². The second-order valence-electron chi connectivity index (χ2n) is 5.61. The van der Waals surface area contributed by atoms with Gasteiger partial charge in [0, 0.05) is 33.8 Å². The highest BCUT2D eigenvalue weighted by Crippen LogP contribution is 2.40. The molecule has 0 N–H and O–H groups in total. The normalized spacial score (nSPS) is 20.2. The summed E-state index contributed by atoms with van der Waals surface area (Å²) in [5.74, 6) is 0. The first-order valence-corrected chi connectivity index (χ1v) is 6.75. The summed E-state index contributed by atoms with van der Waals surface area (Å²) in [4.78, 5) is 4.35. The van der Waals surface area contributed by atoms with Crippen molar-refractivity contribution < 1.29 is 0 Å². The summed E-state index contributed by atoms with van der Waals surface area (Å²) in [5.41, 5.74) is 11.7. The van der Waals surface area contributed by atoms with Crippen LogP contribution in [0.1, 0.15) is 12.8 Å². The molecule has 0 fully saturated rings. The van der Waals surface area contributed by atoms with E-state index in [0.717, 1.165) is 12.8 Å². The Balaban J connectivity index is 2.29.